The SMILES string of the molecule is Cc1cccc2ncc(CN(C)C3CCOC3)n12. The summed E-state index contributed by atoms with van der Waals surface area (Å²) in [6, 6.07) is 6.77. The van der Waals surface area contributed by atoms with E-state index in [2.05, 4.69) is 46.5 Å². The summed E-state index contributed by atoms with van der Waals surface area (Å²) in [7, 11) is 2.16. The summed E-state index contributed by atoms with van der Waals surface area (Å²) in [5.41, 5.74) is 3.51. The Morgan fingerprint density at radius 2 is 2.39 bits per heavy atom. The molecule has 18 heavy (non-hydrogen) atoms. The molecule has 3 heterocycles. The maximum Gasteiger partial charge on any atom is 0.137 e. The highest BCUT2D eigenvalue weighted by Crippen LogP contribution is 2.16. The molecule has 1 fully saturated rings. The van der Waals surface area contributed by atoms with Crippen LogP contribution in [0.2, 0.25) is 0 Å². The van der Waals surface area contributed by atoms with Crippen molar-refractivity contribution < 1.29 is 4.74 Å². The lowest BCUT2D eigenvalue weighted by Gasteiger charge is -2.22. The summed E-state index contributed by atoms with van der Waals surface area (Å²) in [6.45, 7) is 4.78. The number of rotatable bonds is 3. The zero-order chi connectivity index (χ0) is 12.5. The molecular weight excluding hydrogens is 226 g/mol. The highest BCUT2D eigenvalue weighted by atomic mass is 16.5. The number of likely N-dealkylation sites (N-methyl/N-ethyl adjacent to an activating group) is 1. The third-order valence-corrected chi connectivity index (χ3v) is 3.74. The molecule has 4 nitrogen and oxygen atoms in total. The molecule has 1 unspecified atom stereocenters. The van der Waals surface area contributed by atoms with Crippen molar-refractivity contribution in [2.45, 2.75) is 25.9 Å². The van der Waals surface area contributed by atoms with Crippen molar-refractivity contribution in [2.75, 3.05) is 20.3 Å². The van der Waals surface area contributed by atoms with Crippen LogP contribution >= 0.6 is 0 Å². The Balaban J connectivity index is 1.86. The minimum absolute atomic E-state index is 0.541. The molecule has 4 heteroatoms. The third kappa shape index (κ3) is 2.02. The highest BCUT2D eigenvalue weighted by molar-refractivity contribution is 5.42. The van der Waals surface area contributed by atoms with E-state index in [0.29, 0.717) is 6.04 Å². The molecule has 0 aliphatic carbocycles. The highest BCUT2D eigenvalue weighted by Gasteiger charge is 2.21. The van der Waals surface area contributed by atoms with Gasteiger partial charge in [0.05, 0.1) is 18.5 Å². The van der Waals surface area contributed by atoms with Gasteiger partial charge in [0.15, 0.2) is 0 Å². The molecule has 2 aromatic rings. The van der Waals surface area contributed by atoms with Gasteiger partial charge in [-0.15, -0.1) is 0 Å². The molecule has 96 valence electrons. The van der Waals surface area contributed by atoms with E-state index in [9.17, 15) is 0 Å². The van der Waals surface area contributed by atoms with E-state index in [0.717, 1.165) is 31.8 Å². The monoisotopic (exact) mass is 245 g/mol. The number of imidazole rings is 1. The lowest BCUT2D eigenvalue weighted by Crippen LogP contribution is -2.31. The summed E-state index contributed by atoms with van der Waals surface area (Å²) < 4.78 is 7.67. The molecule has 0 radical (unpaired) electrons. The number of nitrogens with zero attached hydrogens (tertiary/aromatic N) is 3. The van der Waals surface area contributed by atoms with Crippen molar-refractivity contribution in [3.05, 3.63) is 35.8 Å². The van der Waals surface area contributed by atoms with Gasteiger partial charge in [-0.05, 0) is 32.5 Å². The Morgan fingerprint density at radius 3 is 3.17 bits per heavy atom. The number of fused-ring (bicyclic) bond motifs is 1. The van der Waals surface area contributed by atoms with E-state index in [-0.39, 0.29) is 0 Å². The number of hydrogen-bond donors (Lipinski definition) is 0. The quantitative estimate of drug-likeness (QED) is 0.826. The summed E-state index contributed by atoms with van der Waals surface area (Å²) in [5.74, 6) is 0. The van der Waals surface area contributed by atoms with Crippen LogP contribution in [0.25, 0.3) is 5.65 Å². The van der Waals surface area contributed by atoms with E-state index in [1.807, 2.05) is 6.20 Å². The molecule has 2 aromatic heterocycles. The third-order valence-electron chi connectivity index (χ3n) is 3.74. The van der Waals surface area contributed by atoms with Gasteiger partial charge in [0.25, 0.3) is 0 Å². The number of ether oxygens (including phenoxy) is 1. The predicted octanol–water partition coefficient (Wildman–Crippen LogP) is 1.86. The van der Waals surface area contributed by atoms with Crippen molar-refractivity contribution in [3.63, 3.8) is 0 Å². The second kappa shape index (κ2) is 4.71. The van der Waals surface area contributed by atoms with E-state index in [1.54, 1.807) is 0 Å². The molecule has 0 N–H and O–H groups in total. The van der Waals surface area contributed by atoms with E-state index in [1.165, 1.54) is 11.4 Å². The Labute approximate surface area is 107 Å². The summed E-state index contributed by atoms with van der Waals surface area (Å²) in [4.78, 5) is 6.83. The smallest absolute Gasteiger partial charge is 0.137 e. The number of aryl methyl sites for hydroxylation is 1. The molecule has 0 amide bonds. The maximum absolute atomic E-state index is 5.44. The Morgan fingerprint density at radius 1 is 1.50 bits per heavy atom. The first-order valence-electron chi connectivity index (χ1n) is 6.45. The first-order chi connectivity index (χ1) is 8.75. The van der Waals surface area contributed by atoms with Gasteiger partial charge in [-0.25, -0.2) is 4.98 Å². The van der Waals surface area contributed by atoms with E-state index < -0.39 is 0 Å². The summed E-state index contributed by atoms with van der Waals surface area (Å²) >= 11 is 0. The summed E-state index contributed by atoms with van der Waals surface area (Å²) in [6.07, 6.45) is 3.11. The first kappa shape index (κ1) is 11.7. The van der Waals surface area contributed by atoms with Crippen LogP contribution in [0.4, 0.5) is 0 Å². The van der Waals surface area contributed by atoms with Crippen molar-refractivity contribution in [3.8, 4) is 0 Å². The van der Waals surface area contributed by atoms with Crippen LogP contribution in [0.5, 0.6) is 0 Å². The van der Waals surface area contributed by atoms with Crippen molar-refractivity contribution >= 4 is 5.65 Å². The molecule has 3 rings (SSSR count). The number of pyridine rings is 1. The number of aromatic nitrogens is 2. The molecule has 0 spiro atoms. The molecule has 0 bridgehead atoms. The van der Waals surface area contributed by atoms with Gasteiger partial charge in [0.1, 0.15) is 5.65 Å². The molecule has 1 saturated heterocycles. The average Bonchev–Trinajstić information content (AvgIpc) is 2.99. The lowest BCUT2D eigenvalue weighted by atomic mass is 10.2. The maximum atomic E-state index is 5.44. The molecular formula is C14H19N3O. The van der Waals surface area contributed by atoms with Gasteiger partial charge in [0, 0.05) is 24.9 Å². The van der Waals surface area contributed by atoms with Crippen LogP contribution in [0.15, 0.2) is 24.4 Å². The normalized spacial score (nSPS) is 20.1. The molecule has 1 aliphatic rings. The zero-order valence-electron chi connectivity index (χ0n) is 11.0. The van der Waals surface area contributed by atoms with Crippen LogP contribution in [-0.4, -0.2) is 40.6 Å². The fourth-order valence-corrected chi connectivity index (χ4v) is 2.64. The second-order valence-electron chi connectivity index (χ2n) is 5.04. The fourth-order valence-electron chi connectivity index (χ4n) is 2.64. The lowest BCUT2D eigenvalue weighted by molar-refractivity contribution is 0.155. The predicted molar refractivity (Wildman–Crippen MR) is 70.6 cm³/mol. The van der Waals surface area contributed by atoms with Crippen LogP contribution in [0.3, 0.4) is 0 Å². The van der Waals surface area contributed by atoms with Crippen LogP contribution in [0, 0.1) is 6.92 Å². The topological polar surface area (TPSA) is 29.8 Å². The van der Waals surface area contributed by atoms with Crippen molar-refractivity contribution in [1.29, 1.82) is 0 Å². The van der Waals surface area contributed by atoms with Gasteiger partial charge >= 0.3 is 0 Å². The largest absolute Gasteiger partial charge is 0.380 e. The molecule has 0 saturated carbocycles. The summed E-state index contributed by atoms with van der Waals surface area (Å²) in [5, 5.41) is 0. The van der Waals surface area contributed by atoms with Crippen molar-refractivity contribution in [1.82, 2.24) is 14.3 Å². The van der Waals surface area contributed by atoms with Crippen LogP contribution in [0.1, 0.15) is 17.8 Å². The average molecular weight is 245 g/mol. The first-order valence-corrected chi connectivity index (χ1v) is 6.45. The molecule has 1 atom stereocenters. The van der Waals surface area contributed by atoms with Gasteiger partial charge in [0.2, 0.25) is 0 Å². The minimum Gasteiger partial charge on any atom is -0.380 e. The molecule has 1 aliphatic heterocycles. The van der Waals surface area contributed by atoms with Crippen LogP contribution in [-0.2, 0) is 11.3 Å². The molecule has 0 aromatic carbocycles. The standard InChI is InChI=1S/C14H19N3O/c1-11-4-3-5-14-15-8-13(17(11)14)9-16(2)12-6-7-18-10-12/h3-5,8,12H,6-7,9-10H2,1-2H3. The van der Waals surface area contributed by atoms with Gasteiger partial charge in [-0.1, -0.05) is 6.07 Å². The van der Waals surface area contributed by atoms with E-state index in [4.69, 9.17) is 4.74 Å². The Hall–Kier alpha value is -1.39. The van der Waals surface area contributed by atoms with Crippen molar-refractivity contribution in [2.24, 2.45) is 0 Å². The Kier molecular flexibility index (Phi) is 3.06. The number of hydrogen-bond acceptors (Lipinski definition) is 3. The zero-order valence-corrected chi connectivity index (χ0v) is 11.0. The second-order valence-corrected chi connectivity index (χ2v) is 5.04. The fraction of sp³-hybridized carbons (Fsp3) is 0.500. The van der Waals surface area contributed by atoms with E-state index >= 15 is 0 Å². The van der Waals surface area contributed by atoms with Crippen LogP contribution < -0.4 is 0 Å². The van der Waals surface area contributed by atoms with Gasteiger partial charge < -0.3 is 9.14 Å². The minimum atomic E-state index is 0.541. The van der Waals surface area contributed by atoms with Gasteiger partial charge in [-0.3, -0.25) is 4.90 Å². The van der Waals surface area contributed by atoms with Gasteiger partial charge in [-0.2, -0.15) is 0 Å². The Bertz CT molecular complexity index is 543.